The summed E-state index contributed by atoms with van der Waals surface area (Å²) in [6.07, 6.45) is 2.83. The van der Waals surface area contributed by atoms with Crippen molar-refractivity contribution in [1.29, 1.82) is 5.26 Å². The number of nitrogens with zero attached hydrogens (tertiary/aromatic N) is 3. The molecule has 0 aliphatic carbocycles. The Kier molecular flexibility index (Phi) is 3.37. The molecule has 1 unspecified atom stereocenters. The zero-order valence-electron chi connectivity index (χ0n) is 9.39. The van der Waals surface area contributed by atoms with E-state index in [1.807, 2.05) is 12.1 Å². The van der Waals surface area contributed by atoms with Gasteiger partial charge in [0, 0.05) is 6.54 Å². The van der Waals surface area contributed by atoms with Gasteiger partial charge in [0.25, 0.3) is 0 Å². The molecule has 0 aromatic carbocycles. The summed E-state index contributed by atoms with van der Waals surface area (Å²) in [5, 5.41) is 8.69. The normalized spacial score (nSPS) is 20.5. The minimum Gasteiger partial charge on any atom is -0.377 e. The molecule has 0 amide bonds. The SMILES string of the molecule is CCC1COCCN1c1ccc(C#N)nc1. The van der Waals surface area contributed by atoms with Crippen LogP contribution < -0.4 is 4.90 Å². The maximum Gasteiger partial charge on any atom is 0.140 e. The van der Waals surface area contributed by atoms with Gasteiger partial charge in [0.1, 0.15) is 11.8 Å². The molecule has 1 atom stereocenters. The standard InChI is InChI=1S/C12H15N3O/c1-2-11-9-16-6-5-15(11)12-4-3-10(7-13)14-8-12/h3-4,8,11H,2,5-6,9H2,1H3. The van der Waals surface area contributed by atoms with E-state index >= 15 is 0 Å². The Bertz CT molecular complexity index is 382. The third-order valence-electron chi connectivity index (χ3n) is 2.89. The van der Waals surface area contributed by atoms with Crippen LogP contribution in [0.3, 0.4) is 0 Å². The van der Waals surface area contributed by atoms with E-state index in [2.05, 4.69) is 16.8 Å². The third-order valence-corrected chi connectivity index (χ3v) is 2.89. The Labute approximate surface area is 95.5 Å². The highest BCUT2D eigenvalue weighted by molar-refractivity contribution is 5.47. The molecule has 16 heavy (non-hydrogen) atoms. The lowest BCUT2D eigenvalue weighted by Crippen LogP contribution is -2.45. The van der Waals surface area contributed by atoms with E-state index in [0.717, 1.165) is 31.9 Å². The van der Waals surface area contributed by atoms with Crippen molar-refractivity contribution in [3.05, 3.63) is 24.0 Å². The quantitative estimate of drug-likeness (QED) is 0.754. The van der Waals surface area contributed by atoms with Crippen molar-refractivity contribution < 1.29 is 4.74 Å². The molecule has 1 aliphatic rings. The zero-order chi connectivity index (χ0) is 11.4. The van der Waals surface area contributed by atoms with Crippen LogP contribution in [0.25, 0.3) is 0 Å². The lowest BCUT2D eigenvalue weighted by Gasteiger charge is -2.36. The van der Waals surface area contributed by atoms with Crippen LogP contribution in [-0.4, -0.2) is 30.8 Å². The van der Waals surface area contributed by atoms with Crippen molar-refractivity contribution in [2.75, 3.05) is 24.7 Å². The van der Waals surface area contributed by atoms with Gasteiger partial charge in [0.2, 0.25) is 0 Å². The molecule has 2 rings (SSSR count). The van der Waals surface area contributed by atoms with Crippen LogP contribution in [0.4, 0.5) is 5.69 Å². The Hall–Kier alpha value is -1.60. The number of pyridine rings is 1. The lowest BCUT2D eigenvalue weighted by atomic mass is 10.1. The summed E-state index contributed by atoms with van der Waals surface area (Å²) in [6.45, 7) is 4.59. The van der Waals surface area contributed by atoms with Crippen LogP contribution in [0, 0.1) is 11.3 Å². The van der Waals surface area contributed by atoms with Gasteiger partial charge < -0.3 is 9.64 Å². The molecule has 2 heterocycles. The van der Waals surface area contributed by atoms with Crippen molar-refractivity contribution >= 4 is 5.69 Å². The number of ether oxygens (including phenoxy) is 1. The van der Waals surface area contributed by atoms with E-state index in [9.17, 15) is 0 Å². The Morgan fingerprint density at radius 2 is 2.50 bits per heavy atom. The van der Waals surface area contributed by atoms with E-state index < -0.39 is 0 Å². The van der Waals surface area contributed by atoms with Crippen LogP contribution in [0.1, 0.15) is 19.0 Å². The first-order chi connectivity index (χ1) is 7.85. The second kappa shape index (κ2) is 4.95. The fraction of sp³-hybridized carbons (Fsp3) is 0.500. The number of aromatic nitrogens is 1. The average Bonchev–Trinajstić information content (AvgIpc) is 2.39. The fourth-order valence-corrected chi connectivity index (χ4v) is 1.96. The average molecular weight is 217 g/mol. The van der Waals surface area contributed by atoms with Crippen LogP contribution in [-0.2, 0) is 4.74 Å². The molecule has 1 aromatic rings. The molecule has 0 radical (unpaired) electrons. The first-order valence-electron chi connectivity index (χ1n) is 5.55. The van der Waals surface area contributed by atoms with Gasteiger partial charge >= 0.3 is 0 Å². The summed E-state index contributed by atoms with van der Waals surface area (Å²) in [6, 6.07) is 6.17. The highest BCUT2D eigenvalue weighted by atomic mass is 16.5. The second-order valence-corrected chi connectivity index (χ2v) is 3.84. The second-order valence-electron chi connectivity index (χ2n) is 3.84. The maximum atomic E-state index is 8.69. The summed E-state index contributed by atoms with van der Waals surface area (Å²) in [5.41, 5.74) is 1.54. The first-order valence-corrected chi connectivity index (χ1v) is 5.55. The molecule has 0 saturated carbocycles. The van der Waals surface area contributed by atoms with Gasteiger partial charge in [-0.15, -0.1) is 0 Å². The molecule has 1 saturated heterocycles. The molecule has 0 N–H and O–H groups in total. The van der Waals surface area contributed by atoms with Gasteiger partial charge in [0.05, 0.1) is 31.1 Å². The van der Waals surface area contributed by atoms with E-state index in [-0.39, 0.29) is 0 Å². The van der Waals surface area contributed by atoms with Crippen molar-refractivity contribution in [2.24, 2.45) is 0 Å². The van der Waals surface area contributed by atoms with Crippen molar-refractivity contribution in [3.63, 3.8) is 0 Å². The molecule has 4 nitrogen and oxygen atoms in total. The molecule has 0 bridgehead atoms. The molecular weight excluding hydrogens is 202 g/mol. The highest BCUT2D eigenvalue weighted by Crippen LogP contribution is 2.20. The van der Waals surface area contributed by atoms with Gasteiger partial charge in [-0.3, -0.25) is 0 Å². The van der Waals surface area contributed by atoms with Gasteiger partial charge in [-0.25, -0.2) is 4.98 Å². The molecule has 1 aromatic heterocycles. The van der Waals surface area contributed by atoms with Gasteiger partial charge in [-0.2, -0.15) is 5.26 Å². The predicted octanol–water partition coefficient (Wildman–Crippen LogP) is 1.57. The number of nitriles is 1. The molecule has 4 heteroatoms. The fourth-order valence-electron chi connectivity index (χ4n) is 1.96. The van der Waals surface area contributed by atoms with Crippen LogP contribution >= 0.6 is 0 Å². The Morgan fingerprint density at radius 1 is 1.62 bits per heavy atom. The first kappa shape index (κ1) is 10.9. The van der Waals surface area contributed by atoms with E-state index in [4.69, 9.17) is 10.00 Å². The number of hydrogen-bond donors (Lipinski definition) is 0. The minimum absolute atomic E-state index is 0.420. The van der Waals surface area contributed by atoms with E-state index in [1.165, 1.54) is 0 Å². The monoisotopic (exact) mass is 217 g/mol. The lowest BCUT2D eigenvalue weighted by molar-refractivity contribution is 0.0929. The maximum absolute atomic E-state index is 8.69. The Balaban J connectivity index is 2.18. The zero-order valence-corrected chi connectivity index (χ0v) is 9.39. The predicted molar refractivity (Wildman–Crippen MR) is 61.2 cm³/mol. The summed E-state index contributed by atoms with van der Waals surface area (Å²) in [4.78, 5) is 6.40. The number of rotatable bonds is 2. The third kappa shape index (κ3) is 2.15. The summed E-state index contributed by atoms with van der Waals surface area (Å²) < 4.78 is 5.46. The molecule has 84 valence electrons. The molecule has 0 spiro atoms. The van der Waals surface area contributed by atoms with Gasteiger partial charge in [0.15, 0.2) is 0 Å². The molecular formula is C12H15N3O. The van der Waals surface area contributed by atoms with E-state index in [1.54, 1.807) is 12.3 Å². The van der Waals surface area contributed by atoms with Crippen LogP contribution in [0.5, 0.6) is 0 Å². The Morgan fingerprint density at radius 3 is 3.12 bits per heavy atom. The van der Waals surface area contributed by atoms with Gasteiger partial charge in [-0.05, 0) is 18.6 Å². The van der Waals surface area contributed by atoms with Crippen LogP contribution in [0.2, 0.25) is 0 Å². The minimum atomic E-state index is 0.420. The number of hydrogen-bond acceptors (Lipinski definition) is 4. The van der Waals surface area contributed by atoms with Crippen molar-refractivity contribution in [3.8, 4) is 6.07 Å². The topological polar surface area (TPSA) is 49.1 Å². The summed E-state index contributed by atoms with van der Waals surface area (Å²) >= 11 is 0. The van der Waals surface area contributed by atoms with Crippen LogP contribution in [0.15, 0.2) is 18.3 Å². The molecule has 1 fully saturated rings. The number of morpholine rings is 1. The highest BCUT2D eigenvalue weighted by Gasteiger charge is 2.21. The smallest absolute Gasteiger partial charge is 0.140 e. The summed E-state index contributed by atoms with van der Waals surface area (Å²) in [7, 11) is 0. The summed E-state index contributed by atoms with van der Waals surface area (Å²) in [5.74, 6) is 0. The number of anilines is 1. The largest absolute Gasteiger partial charge is 0.377 e. The van der Waals surface area contributed by atoms with Crippen molar-refractivity contribution in [2.45, 2.75) is 19.4 Å². The van der Waals surface area contributed by atoms with E-state index in [0.29, 0.717) is 11.7 Å². The molecule has 1 aliphatic heterocycles. The van der Waals surface area contributed by atoms with Gasteiger partial charge in [-0.1, -0.05) is 6.92 Å². The van der Waals surface area contributed by atoms with Crippen molar-refractivity contribution in [1.82, 2.24) is 4.98 Å².